The largest absolute Gasteiger partial charge is 0.338 e. The van der Waals surface area contributed by atoms with E-state index in [2.05, 4.69) is 50.3 Å². The minimum Gasteiger partial charge on any atom is -0.338 e. The number of benzene rings is 2. The van der Waals surface area contributed by atoms with E-state index in [1.165, 1.54) is 42.4 Å². The summed E-state index contributed by atoms with van der Waals surface area (Å²) in [7, 11) is 0. The number of aromatic amines is 2. The zero-order chi connectivity index (χ0) is 24.1. The highest BCUT2D eigenvalue weighted by molar-refractivity contribution is 5.85. The Hall–Kier alpha value is -3.69. The van der Waals surface area contributed by atoms with Crippen LogP contribution in [-0.2, 0) is 12.8 Å². The van der Waals surface area contributed by atoms with Gasteiger partial charge < -0.3 is 15.3 Å². The van der Waals surface area contributed by atoms with Gasteiger partial charge in [0.25, 0.3) is 5.56 Å². The molecule has 2 aliphatic carbocycles. The summed E-state index contributed by atoms with van der Waals surface area (Å²) in [6, 6.07) is 10.7. The Morgan fingerprint density at radius 1 is 1.00 bits per heavy atom. The van der Waals surface area contributed by atoms with Crippen LogP contribution in [0.5, 0.6) is 0 Å². The summed E-state index contributed by atoms with van der Waals surface area (Å²) >= 11 is 0. The maximum Gasteiger partial charge on any atom is 0.258 e. The van der Waals surface area contributed by atoms with Crippen LogP contribution in [0.1, 0.15) is 72.8 Å². The second kappa shape index (κ2) is 8.46. The summed E-state index contributed by atoms with van der Waals surface area (Å²) in [6.45, 7) is 0.972. The maximum atomic E-state index is 13.1. The molecule has 1 saturated carbocycles. The topological polar surface area (TPSA) is 86.5 Å². The summed E-state index contributed by atoms with van der Waals surface area (Å²) < 4.78 is 0. The molecule has 3 aliphatic rings. The smallest absolute Gasteiger partial charge is 0.258 e. The van der Waals surface area contributed by atoms with E-state index in [0.29, 0.717) is 10.8 Å². The molecule has 36 heavy (non-hydrogen) atoms. The summed E-state index contributed by atoms with van der Waals surface area (Å²) in [5, 5.41) is 4.08. The van der Waals surface area contributed by atoms with Crippen molar-refractivity contribution in [3.8, 4) is 23.0 Å². The monoisotopic (exact) mass is 475 g/mol. The highest BCUT2D eigenvalue weighted by Crippen LogP contribution is 2.51. The van der Waals surface area contributed by atoms with Crippen LogP contribution in [0.15, 0.2) is 47.7 Å². The zero-order valence-corrected chi connectivity index (χ0v) is 20.3. The van der Waals surface area contributed by atoms with Gasteiger partial charge in [0.15, 0.2) is 0 Å². The Kier molecular flexibility index (Phi) is 5.07. The highest BCUT2D eigenvalue weighted by atomic mass is 16.1. The van der Waals surface area contributed by atoms with Gasteiger partial charge in [-0.2, -0.15) is 0 Å². The Bertz CT molecular complexity index is 1580. The number of hydrogen-bond donors (Lipinski definition) is 3. The molecule has 3 heterocycles. The number of hydrogen-bond acceptors (Lipinski definition) is 4. The number of H-pyrrole nitrogens is 2. The molecule has 0 bridgehead atoms. The number of nitrogens with one attached hydrogen (secondary N) is 3. The van der Waals surface area contributed by atoms with E-state index in [1.807, 2.05) is 12.1 Å². The van der Waals surface area contributed by atoms with Crippen molar-refractivity contribution in [2.45, 2.75) is 57.4 Å². The molecule has 3 N–H and O–H groups in total. The third-order valence-corrected chi connectivity index (χ3v) is 8.45. The zero-order valence-electron chi connectivity index (χ0n) is 20.3. The van der Waals surface area contributed by atoms with Crippen molar-refractivity contribution in [1.29, 1.82) is 0 Å². The standard InChI is InChI=1S/C30H29N5O/c36-29-23-14-20(7-10-26(23)34-28(35-29)27-4-3-13-32-27)22-9-6-19(5-8-21-17-31-18-33-21)24-15-30(16-25(22)24)11-1-2-12-30/h6-7,9-10,14,17-18,27,32H,1-4,11-13,15-16H2,(H,31,33)(H,34,35,36)/t27-/m0/s1. The molecule has 2 aromatic heterocycles. The van der Waals surface area contributed by atoms with E-state index in [4.69, 9.17) is 4.98 Å². The molecular weight excluding hydrogens is 446 g/mol. The minimum atomic E-state index is -0.0588. The molecule has 180 valence electrons. The Labute approximate surface area is 210 Å². The molecule has 0 radical (unpaired) electrons. The molecule has 1 aliphatic heterocycles. The van der Waals surface area contributed by atoms with Gasteiger partial charge in [0.1, 0.15) is 11.5 Å². The molecule has 4 aromatic rings. The van der Waals surface area contributed by atoms with Gasteiger partial charge in [-0.05, 0) is 96.9 Å². The lowest BCUT2D eigenvalue weighted by Gasteiger charge is -2.21. The first-order valence-corrected chi connectivity index (χ1v) is 13.1. The van der Waals surface area contributed by atoms with Gasteiger partial charge in [-0.1, -0.05) is 30.9 Å². The van der Waals surface area contributed by atoms with Crippen molar-refractivity contribution >= 4 is 10.9 Å². The van der Waals surface area contributed by atoms with Crippen LogP contribution in [0.25, 0.3) is 22.0 Å². The van der Waals surface area contributed by atoms with Gasteiger partial charge in [-0.15, -0.1) is 0 Å². The summed E-state index contributed by atoms with van der Waals surface area (Å²) in [6.07, 6.45) is 12.9. The average molecular weight is 476 g/mol. The minimum absolute atomic E-state index is 0.0588. The molecule has 2 aromatic carbocycles. The van der Waals surface area contributed by atoms with Crippen LogP contribution in [0.2, 0.25) is 0 Å². The lowest BCUT2D eigenvalue weighted by molar-refractivity contribution is 0.318. The molecule has 0 unspecified atom stereocenters. The first-order valence-electron chi connectivity index (χ1n) is 13.1. The van der Waals surface area contributed by atoms with E-state index in [9.17, 15) is 4.79 Å². The van der Waals surface area contributed by atoms with E-state index >= 15 is 0 Å². The van der Waals surface area contributed by atoms with Crippen molar-refractivity contribution in [3.63, 3.8) is 0 Å². The van der Waals surface area contributed by atoms with Gasteiger partial charge >= 0.3 is 0 Å². The Balaban J connectivity index is 1.32. The fourth-order valence-electron chi connectivity index (χ4n) is 6.64. The molecule has 6 nitrogen and oxygen atoms in total. The molecule has 1 spiro atoms. The van der Waals surface area contributed by atoms with Crippen molar-refractivity contribution in [1.82, 2.24) is 25.3 Å². The van der Waals surface area contributed by atoms with Crippen LogP contribution in [-0.4, -0.2) is 26.5 Å². The SMILES string of the molecule is O=c1[nH]c([C@@H]2CCCN2)nc2ccc(-c3ccc(C#Cc4cnc[nH]4)c4c3CC3(CCCC3)C4)cc12. The average Bonchev–Trinajstić information content (AvgIpc) is 3.71. The highest BCUT2D eigenvalue weighted by Gasteiger charge is 2.41. The van der Waals surface area contributed by atoms with Crippen LogP contribution in [0.3, 0.4) is 0 Å². The summed E-state index contributed by atoms with van der Waals surface area (Å²) in [4.78, 5) is 28.1. The quantitative estimate of drug-likeness (QED) is 0.364. The third kappa shape index (κ3) is 3.66. The van der Waals surface area contributed by atoms with Crippen LogP contribution >= 0.6 is 0 Å². The lowest BCUT2D eigenvalue weighted by atomic mass is 9.83. The second-order valence-corrected chi connectivity index (χ2v) is 10.7. The summed E-state index contributed by atoms with van der Waals surface area (Å²) in [5.41, 5.74) is 8.11. The van der Waals surface area contributed by atoms with Crippen LogP contribution < -0.4 is 10.9 Å². The van der Waals surface area contributed by atoms with Gasteiger partial charge in [-0.3, -0.25) is 4.79 Å². The van der Waals surface area contributed by atoms with E-state index in [-0.39, 0.29) is 11.6 Å². The molecular formula is C30H29N5O. The van der Waals surface area contributed by atoms with E-state index in [1.54, 1.807) is 12.5 Å². The normalized spacial score (nSPS) is 20.1. The second-order valence-electron chi connectivity index (χ2n) is 10.7. The number of rotatable bonds is 2. The van der Waals surface area contributed by atoms with Crippen molar-refractivity contribution in [2.75, 3.05) is 6.54 Å². The number of imidazole rings is 1. The molecule has 6 heteroatoms. The number of fused-ring (bicyclic) bond motifs is 2. The lowest BCUT2D eigenvalue weighted by Crippen LogP contribution is -2.20. The Morgan fingerprint density at radius 3 is 2.69 bits per heavy atom. The number of nitrogens with zero attached hydrogens (tertiary/aromatic N) is 2. The first-order chi connectivity index (χ1) is 17.7. The van der Waals surface area contributed by atoms with Gasteiger partial charge in [0.05, 0.1) is 29.5 Å². The number of aromatic nitrogens is 4. The fourth-order valence-corrected chi connectivity index (χ4v) is 6.64. The first kappa shape index (κ1) is 21.6. The van der Waals surface area contributed by atoms with Crippen LogP contribution in [0, 0.1) is 17.3 Å². The van der Waals surface area contributed by atoms with E-state index < -0.39 is 0 Å². The summed E-state index contributed by atoms with van der Waals surface area (Å²) in [5.74, 6) is 7.41. The Morgan fingerprint density at radius 2 is 1.89 bits per heavy atom. The van der Waals surface area contributed by atoms with Crippen molar-refractivity contribution < 1.29 is 0 Å². The van der Waals surface area contributed by atoms with Crippen molar-refractivity contribution in [2.24, 2.45) is 5.41 Å². The van der Waals surface area contributed by atoms with Crippen molar-refractivity contribution in [3.05, 3.63) is 81.4 Å². The van der Waals surface area contributed by atoms with Gasteiger partial charge in [0.2, 0.25) is 0 Å². The van der Waals surface area contributed by atoms with Gasteiger partial charge in [0, 0.05) is 5.56 Å². The third-order valence-electron chi connectivity index (χ3n) is 8.45. The fraction of sp³-hybridized carbons (Fsp3) is 0.367. The maximum absolute atomic E-state index is 13.1. The molecule has 1 saturated heterocycles. The predicted octanol–water partition coefficient (Wildman–Crippen LogP) is 4.80. The van der Waals surface area contributed by atoms with Crippen LogP contribution in [0.4, 0.5) is 0 Å². The van der Waals surface area contributed by atoms with E-state index in [0.717, 1.165) is 60.4 Å². The molecule has 0 amide bonds. The molecule has 1 atom stereocenters. The predicted molar refractivity (Wildman–Crippen MR) is 141 cm³/mol. The molecule has 7 rings (SSSR count). The van der Waals surface area contributed by atoms with Gasteiger partial charge in [-0.25, -0.2) is 9.97 Å². The molecule has 2 fully saturated rings.